The summed E-state index contributed by atoms with van der Waals surface area (Å²) in [6.45, 7) is 8.57. The number of rotatable bonds is 8. The number of carbonyl (C=O) groups excluding carboxylic acids is 1. The van der Waals surface area contributed by atoms with Crippen LogP contribution in [0.15, 0.2) is 42.5 Å². The quantitative estimate of drug-likeness (QED) is 0.780. The molecule has 0 spiro atoms. The number of nitrogens with one attached hydrogen (secondary N) is 1. The van der Waals surface area contributed by atoms with Gasteiger partial charge in [-0.25, -0.2) is 0 Å². The number of amides is 1. The van der Waals surface area contributed by atoms with E-state index in [0.717, 1.165) is 5.56 Å². The number of benzene rings is 2. The summed E-state index contributed by atoms with van der Waals surface area (Å²) in [7, 11) is 0. The maximum Gasteiger partial charge on any atom is 0.265 e. The summed E-state index contributed by atoms with van der Waals surface area (Å²) in [5.74, 6) is 1.67. The third-order valence-corrected chi connectivity index (χ3v) is 3.52. The van der Waals surface area contributed by atoms with Crippen molar-refractivity contribution in [1.29, 1.82) is 0 Å². The topological polar surface area (TPSA) is 56.8 Å². The molecule has 5 heteroatoms. The average molecular weight is 343 g/mol. The summed E-state index contributed by atoms with van der Waals surface area (Å²) in [4.78, 5) is 12.5. The maximum absolute atomic E-state index is 12.5. The lowest BCUT2D eigenvalue weighted by molar-refractivity contribution is -0.122. The fourth-order valence-electron chi connectivity index (χ4n) is 2.25. The Kier molecular flexibility index (Phi) is 6.69. The monoisotopic (exact) mass is 343 g/mol. The minimum atomic E-state index is -0.645. The molecule has 0 saturated heterocycles. The lowest BCUT2D eigenvalue weighted by atomic mass is 10.2. The molecular formula is C20H25NO4. The molecule has 134 valence electrons. The first-order valence-electron chi connectivity index (χ1n) is 8.47. The van der Waals surface area contributed by atoms with E-state index in [2.05, 4.69) is 5.32 Å². The highest BCUT2D eigenvalue weighted by molar-refractivity contribution is 5.95. The van der Waals surface area contributed by atoms with E-state index < -0.39 is 6.10 Å². The predicted octanol–water partition coefficient (Wildman–Crippen LogP) is 4.20. The van der Waals surface area contributed by atoms with Gasteiger partial charge >= 0.3 is 0 Å². The second-order valence-corrected chi connectivity index (χ2v) is 5.59. The van der Waals surface area contributed by atoms with Crippen molar-refractivity contribution in [2.45, 2.75) is 33.8 Å². The van der Waals surface area contributed by atoms with Crippen LogP contribution >= 0.6 is 0 Å². The molecular weight excluding hydrogens is 318 g/mol. The standard InChI is InChI=1S/C20H25NO4/c1-5-23-17-11-12-19(24-6-2)18(13-17)21-20(22)15(4)25-16-9-7-14(3)8-10-16/h7-13,15H,5-6H2,1-4H3,(H,21,22). The van der Waals surface area contributed by atoms with Gasteiger partial charge in [0.05, 0.1) is 18.9 Å². The molecule has 0 heterocycles. The normalized spacial score (nSPS) is 11.5. The van der Waals surface area contributed by atoms with Crippen LogP contribution in [0.3, 0.4) is 0 Å². The Morgan fingerprint density at radius 3 is 2.28 bits per heavy atom. The minimum absolute atomic E-state index is 0.254. The van der Waals surface area contributed by atoms with Crippen LogP contribution in [0.5, 0.6) is 17.2 Å². The lowest BCUT2D eigenvalue weighted by Crippen LogP contribution is -2.30. The Balaban J connectivity index is 2.09. The molecule has 0 aliphatic heterocycles. The van der Waals surface area contributed by atoms with E-state index in [0.29, 0.717) is 36.1 Å². The Labute approximate surface area is 148 Å². The van der Waals surface area contributed by atoms with Gasteiger partial charge in [0.15, 0.2) is 6.10 Å². The largest absolute Gasteiger partial charge is 0.494 e. The minimum Gasteiger partial charge on any atom is -0.494 e. The van der Waals surface area contributed by atoms with Gasteiger partial charge in [-0.15, -0.1) is 0 Å². The van der Waals surface area contributed by atoms with Crippen molar-refractivity contribution in [1.82, 2.24) is 0 Å². The van der Waals surface area contributed by atoms with E-state index in [1.807, 2.05) is 51.1 Å². The summed E-state index contributed by atoms with van der Waals surface area (Å²) in [6, 6.07) is 12.9. The first-order valence-corrected chi connectivity index (χ1v) is 8.47. The molecule has 25 heavy (non-hydrogen) atoms. The maximum atomic E-state index is 12.5. The molecule has 2 rings (SSSR count). The van der Waals surface area contributed by atoms with Crippen molar-refractivity contribution >= 4 is 11.6 Å². The van der Waals surface area contributed by atoms with Gasteiger partial charge in [-0.2, -0.15) is 0 Å². The van der Waals surface area contributed by atoms with Crippen LogP contribution < -0.4 is 19.5 Å². The average Bonchev–Trinajstić information content (AvgIpc) is 2.59. The molecule has 1 amide bonds. The van der Waals surface area contributed by atoms with E-state index >= 15 is 0 Å². The van der Waals surface area contributed by atoms with Crippen LogP contribution in [-0.2, 0) is 4.79 Å². The predicted molar refractivity (Wildman–Crippen MR) is 98.7 cm³/mol. The van der Waals surface area contributed by atoms with Gasteiger partial charge in [0.1, 0.15) is 17.2 Å². The smallest absolute Gasteiger partial charge is 0.265 e. The first-order chi connectivity index (χ1) is 12.0. The van der Waals surface area contributed by atoms with Crippen LogP contribution in [0.4, 0.5) is 5.69 Å². The summed E-state index contributed by atoms with van der Waals surface area (Å²) in [5, 5.41) is 2.86. The molecule has 0 aliphatic rings. The third-order valence-electron chi connectivity index (χ3n) is 3.52. The number of anilines is 1. The summed E-state index contributed by atoms with van der Waals surface area (Å²) in [6.07, 6.45) is -0.645. The highest BCUT2D eigenvalue weighted by Crippen LogP contribution is 2.29. The van der Waals surface area contributed by atoms with Gasteiger partial charge in [0.25, 0.3) is 5.91 Å². The van der Waals surface area contributed by atoms with Gasteiger partial charge in [0, 0.05) is 6.07 Å². The van der Waals surface area contributed by atoms with E-state index in [9.17, 15) is 4.79 Å². The zero-order valence-corrected chi connectivity index (χ0v) is 15.2. The van der Waals surface area contributed by atoms with Crippen molar-refractivity contribution in [3.8, 4) is 17.2 Å². The third kappa shape index (κ3) is 5.41. The zero-order chi connectivity index (χ0) is 18.2. The van der Waals surface area contributed by atoms with E-state index in [1.165, 1.54) is 0 Å². The highest BCUT2D eigenvalue weighted by Gasteiger charge is 2.17. The SMILES string of the molecule is CCOc1ccc(OCC)c(NC(=O)C(C)Oc2ccc(C)cc2)c1. The van der Waals surface area contributed by atoms with E-state index in [1.54, 1.807) is 19.1 Å². The van der Waals surface area contributed by atoms with Crippen LogP contribution in [-0.4, -0.2) is 25.2 Å². The Bertz CT molecular complexity index is 697. The highest BCUT2D eigenvalue weighted by atomic mass is 16.5. The first kappa shape index (κ1) is 18.6. The summed E-state index contributed by atoms with van der Waals surface area (Å²) >= 11 is 0. The van der Waals surface area contributed by atoms with Gasteiger partial charge in [-0.1, -0.05) is 17.7 Å². The Hall–Kier alpha value is -2.69. The second kappa shape index (κ2) is 8.97. The number of hydrogen-bond acceptors (Lipinski definition) is 4. The van der Waals surface area contributed by atoms with Gasteiger partial charge in [-0.05, 0) is 52.0 Å². The number of aryl methyl sites for hydroxylation is 1. The Morgan fingerprint density at radius 1 is 1.00 bits per heavy atom. The summed E-state index contributed by atoms with van der Waals surface area (Å²) in [5.41, 5.74) is 1.70. The van der Waals surface area contributed by atoms with E-state index in [-0.39, 0.29) is 5.91 Å². The van der Waals surface area contributed by atoms with Crippen molar-refractivity contribution in [2.24, 2.45) is 0 Å². The molecule has 2 aromatic rings. The fourth-order valence-corrected chi connectivity index (χ4v) is 2.25. The van der Waals surface area contributed by atoms with Crippen LogP contribution in [0.1, 0.15) is 26.3 Å². The molecule has 0 radical (unpaired) electrons. The van der Waals surface area contributed by atoms with Crippen molar-refractivity contribution in [2.75, 3.05) is 18.5 Å². The van der Waals surface area contributed by atoms with Gasteiger partial charge in [-0.3, -0.25) is 4.79 Å². The number of carbonyl (C=O) groups is 1. The molecule has 1 unspecified atom stereocenters. The Morgan fingerprint density at radius 2 is 1.64 bits per heavy atom. The summed E-state index contributed by atoms with van der Waals surface area (Å²) < 4.78 is 16.8. The van der Waals surface area contributed by atoms with E-state index in [4.69, 9.17) is 14.2 Å². The van der Waals surface area contributed by atoms with Crippen LogP contribution in [0, 0.1) is 6.92 Å². The van der Waals surface area contributed by atoms with Crippen LogP contribution in [0.2, 0.25) is 0 Å². The zero-order valence-electron chi connectivity index (χ0n) is 15.2. The molecule has 2 aromatic carbocycles. The van der Waals surface area contributed by atoms with Crippen LogP contribution in [0.25, 0.3) is 0 Å². The molecule has 0 bridgehead atoms. The second-order valence-electron chi connectivity index (χ2n) is 5.59. The lowest BCUT2D eigenvalue weighted by Gasteiger charge is -2.17. The molecule has 1 N–H and O–H groups in total. The molecule has 0 aromatic heterocycles. The molecule has 0 aliphatic carbocycles. The van der Waals surface area contributed by atoms with Crippen molar-refractivity contribution in [3.63, 3.8) is 0 Å². The van der Waals surface area contributed by atoms with Crippen molar-refractivity contribution in [3.05, 3.63) is 48.0 Å². The fraction of sp³-hybridized carbons (Fsp3) is 0.350. The van der Waals surface area contributed by atoms with Crippen molar-refractivity contribution < 1.29 is 19.0 Å². The number of hydrogen-bond donors (Lipinski definition) is 1. The molecule has 0 fully saturated rings. The molecule has 5 nitrogen and oxygen atoms in total. The van der Waals surface area contributed by atoms with Gasteiger partial charge in [0.2, 0.25) is 0 Å². The van der Waals surface area contributed by atoms with Gasteiger partial charge < -0.3 is 19.5 Å². The molecule has 0 saturated carbocycles. The molecule has 1 atom stereocenters. The number of ether oxygens (including phenoxy) is 3.